The molecule has 21 heteroatoms. The molecular formula is C70H57CuN11O5S4. The van der Waals surface area contributed by atoms with E-state index in [4.69, 9.17) is 44.6 Å². The van der Waals surface area contributed by atoms with Crippen molar-refractivity contribution in [2.24, 2.45) is 0 Å². The first-order valence-corrected chi connectivity index (χ1v) is 34.0. The van der Waals surface area contributed by atoms with Crippen molar-refractivity contribution in [2.75, 3.05) is 55.7 Å². The van der Waals surface area contributed by atoms with Crippen LogP contribution in [0.4, 0.5) is 5.69 Å². The molecule has 0 atom stereocenters. The first-order valence-electron chi connectivity index (χ1n) is 29.8. The van der Waals surface area contributed by atoms with Crippen LogP contribution in [-0.2, 0) is 26.9 Å². The number of carbonyl (C=O) groups excluding carboxylic acids is 2. The summed E-state index contributed by atoms with van der Waals surface area (Å²) in [6.07, 6.45) is 0. The van der Waals surface area contributed by atoms with Crippen LogP contribution in [0, 0.1) is 0 Å². The largest absolute Gasteiger partial charge is 2.00 e. The molecule has 91 heavy (non-hydrogen) atoms. The summed E-state index contributed by atoms with van der Waals surface area (Å²) in [6.45, 7) is 11.2. The second-order valence-electron chi connectivity index (χ2n) is 21.6. The van der Waals surface area contributed by atoms with Crippen LogP contribution < -0.4 is 19.6 Å². The van der Waals surface area contributed by atoms with E-state index in [0.717, 1.165) is 62.3 Å². The molecule has 0 spiro atoms. The van der Waals surface area contributed by atoms with Crippen LogP contribution in [0.25, 0.3) is 89.7 Å². The summed E-state index contributed by atoms with van der Waals surface area (Å²) >= 11 is 4.68. The van der Waals surface area contributed by atoms with Gasteiger partial charge in [0.15, 0.2) is 9.84 Å². The summed E-state index contributed by atoms with van der Waals surface area (Å²) in [5.41, 5.74) is 6.39. The summed E-state index contributed by atoms with van der Waals surface area (Å²) in [6, 6.07) is 57.0. The standard InChI is InChI=1S/C70H57N11O5S4.Cu/c1-5-79(6-2)69(82)42-26-34-47(35-27-42)88-55-24-14-19-50-59(55)67-74-62(50)72-65-57-49(18-12-22-53(57)86-45-32-30-44(31-33-45)81-38-40-90(84,85)41-39-81)61(71-65)73-66-58-51(20-13-23-54(58)87-46-16-10-9-11-17-46)63(75-66)77-68-60-52(64(76-67)78-68)21-15-25-56(60)89-48-36-28-43(29-37-48)70(83)80(7-3)8-4;/h9-37H,5-8,38-41H2,1-4H3;/q-2;+2. The van der Waals surface area contributed by atoms with Crippen LogP contribution in [0.5, 0.6) is 11.5 Å². The summed E-state index contributed by atoms with van der Waals surface area (Å²) in [5.74, 6) is 2.64. The van der Waals surface area contributed by atoms with Crippen molar-refractivity contribution in [2.45, 2.75) is 57.1 Å². The van der Waals surface area contributed by atoms with Crippen molar-refractivity contribution in [1.82, 2.24) is 49.7 Å². The van der Waals surface area contributed by atoms with Crippen molar-refractivity contribution in [3.63, 3.8) is 0 Å². The fourth-order valence-corrected chi connectivity index (χ4v) is 15.6. The Bertz CT molecular complexity index is 4920. The zero-order valence-corrected chi connectivity index (χ0v) is 54.0. The summed E-state index contributed by atoms with van der Waals surface area (Å²) in [5, 5.41) is 2.97. The van der Waals surface area contributed by atoms with E-state index in [9.17, 15) is 18.0 Å². The SMILES string of the molecule is CCN(CC)C(=O)c1ccc(Sc2cccc3c2-c2nc-3nc3[n-]c(nc4nc(nc5[n-]c(n2)c2cccc(Sc6ccccc6)c52)-c2cccc(Oc5ccc(N6CCS(=O)(=O)CC6)cc5)c2-4)c2cccc(Sc4ccc(C(=O)N(CC)CC)cc4)c32)cc1.[Cu+2]. The second kappa shape index (κ2) is 25.8. The normalized spacial score (nSPS) is 13.1. The Kier molecular flexibility index (Phi) is 17.3. The maximum absolute atomic E-state index is 13.4. The van der Waals surface area contributed by atoms with Crippen LogP contribution in [0.2, 0.25) is 0 Å². The summed E-state index contributed by atoms with van der Waals surface area (Å²) in [7, 11) is -3.06. The van der Waals surface area contributed by atoms with E-state index in [1.165, 1.54) is 11.8 Å². The van der Waals surface area contributed by atoms with Gasteiger partial charge in [-0.25, -0.2) is 18.4 Å². The van der Waals surface area contributed by atoms with E-state index >= 15 is 0 Å². The minimum atomic E-state index is -3.06. The number of hydrogen-bond donors (Lipinski definition) is 0. The maximum atomic E-state index is 13.4. The molecule has 1 fully saturated rings. The van der Waals surface area contributed by atoms with Crippen molar-refractivity contribution in [1.29, 1.82) is 0 Å². The molecule has 8 bridgehead atoms. The molecule has 3 aliphatic rings. The molecule has 0 aliphatic carbocycles. The number of aromatic nitrogens is 8. The third-order valence-electron chi connectivity index (χ3n) is 16.2. The third-order valence-corrected chi connectivity index (χ3v) is 21.0. The van der Waals surface area contributed by atoms with Crippen molar-refractivity contribution in [3.8, 4) is 57.1 Å². The van der Waals surface area contributed by atoms with Gasteiger partial charge in [-0.2, -0.15) is 0 Å². The Hall–Kier alpha value is -8.82. The minimum absolute atomic E-state index is 0. The monoisotopic (exact) mass is 1320 g/mol. The van der Waals surface area contributed by atoms with Gasteiger partial charge in [0.25, 0.3) is 11.8 Å². The molecule has 457 valence electrons. The number of sulfone groups is 1. The smallest absolute Gasteiger partial charge is 0.457 e. The Morgan fingerprint density at radius 1 is 0.473 bits per heavy atom. The zero-order chi connectivity index (χ0) is 61.6. The van der Waals surface area contributed by atoms with Crippen molar-refractivity contribution < 1.29 is 39.8 Å². The molecule has 2 amide bonds. The fraction of sp³-hybridized carbons (Fsp3) is 0.171. The fourth-order valence-electron chi connectivity index (χ4n) is 11.5. The molecule has 3 aromatic heterocycles. The Morgan fingerprint density at radius 3 is 1.43 bits per heavy atom. The molecule has 0 unspecified atom stereocenters. The first-order chi connectivity index (χ1) is 43.9. The van der Waals surface area contributed by atoms with Crippen molar-refractivity contribution in [3.05, 3.63) is 187 Å². The number of nitrogens with zero attached hydrogens (tertiary/aromatic N) is 11. The van der Waals surface area contributed by atoms with Crippen molar-refractivity contribution >= 4 is 107 Å². The van der Waals surface area contributed by atoms with Crippen LogP contribution in [0.1, 0.15) is 48.4 Å². The predicted octanol–water partition coefficient (Wildman–Crippen LogP) is 14.6. The molecule has 14 rings (SSSR count). The van der Waals surface area contributed by atoms with E-state index in [1.54, 1.807) is 28.4 Å². The number of hydrogen-bond acceptors (Lipinski definition) is 15. The number of fused-ring (bicyclic) bond motifs is 20. The Balaban J connectivity index is 0.00000758. The van der Waals surface area contributed by atoms with Gasteiger partial charge in [0.1, 0.15) is 11.5 Å². The predicted molar refractivity (Wildman–Crippen MR) is 358 cm³/mol. The average Bonchev–Trinajstić information content (AvgIpc) is 1.63. The molecule has 16 nitrogen and oxygen atoms in total. The number of amides is 2. The van der Waals surface area contributed by atoms with Gasteiger partial charge in [-0.15, -0.1) is 0 Å². The Morgan fingerprint density at radius 2 is 0.912 bits per heavy atom. The van der Waals surface area contributed by atoms with Gasteiger partial charge in [-0.1, -0.05) is 102 Å². The van der Waals surface area contributed by atoms with E-state index in [2.05, 4.69) is 23.1 Å². The number of carbonyl (C=O) groups is 2. The zero-order valence-electron chi connectivity index (χ0n) is 49.8. The molecule has 8 aromatic carbocycles. The molecule has 1 saturated heterocycles. The van der Waals surface area contributed by atoms with Crippen LogP contribution in [0.3, 0.4) is 0 Å². The number of rotatable bonds is 15. The summed E-state index contributed by atoms with van der Waals surface area (Å²) < 4.78 is 31.4. The topological polar surface area (TPSA) is 193 Å². The van der Waals surface area contributed by atoms with Gasteiger partial charge in [0.05, 0.1) is 40.4 Å². The molecule has 1 radical (unpaired) electrons. The first kappa shape index (κ1) is 61.1. The number of anilines is 1. The minimum Gasteiger partial charge on any atom is -0.457 e. The molecular weight excluding hydrogens is 1270 g/mol. The van der Waals surface area contributed by atoms with E-state index in [1.807, 2.05) is 190 Å². The molecule has 11 aromatic rings. The number of benzene rings is 8. The molecule has 6 heterocycles. The molecule has 0 saturated carbocycles. The second-order valence-corrected chi connectivity index (χ2v) is 27.2. The van der Waals surface area contributed by atoms with Gasteiger partial charge in [0, 0.05) is 136 Å². The van der Waals surface area contributed by atoms with Gasteiger partial charge < -0.3 is 49.3 Å². The number of ether oxygens (including phenoxy) is 1. The van der Waals surface area contributed by atoms with Gasteiger partial charge in [-0.3, -0.25) is 9.59 Å². The van der Waals surface area contributed by atoms with E-state index in [-0.39, 0.29) is 40.4 Å². The third kappa shape index (κ3) is 12.1. The van der Waals surface area contributed by atoms with Gasteiger partial charge in [-0.05, 0) is 148 Å². The Labute approximate surface area is 549 Å². The van der Waals surface area contributed by atoms with Gasteiger partial charge >= 0.3 is 17.1 Å². The van der Waals surface area contributed by atoms with Crippen LogP contribution in [0.15, 0.2) is 205 Å². The summed E-state index contributed by atoms with van der Waals surface area (Å²) in [4.78, 5) is 81.0. The molecule has 3 aliphatic heterocycles. The van der Waals surface area contributed by atoms with Crippen LogP contribution >= 0.6 is 35.3 Å². The molecule has 0 N–H and O–H groups in total. The van der Waals surface area contributed by atoms with Crippen LogP contribution in [-0.4, -0.2) is 111 Å². The van der Waals surface area contributed by atoms with Gasteiger partial charge in [0.2, 0.25) is 0 Å². The maximum Gasteiger partial charge on any atom is 2.00 e. The quantitative estimate of drug-likeness (QED) is 0.0879. The van der Waals surface area contributed by atoms with E-state index < -0.39 is 9.84 Å². The van der Waals surface area contributed by atoms with E-state index in [0.29, 0.717) is 124 Å². The average molecular weight is 1320 g/mol.